The normalized spacial score (nSPS) is 14.2. The second kappa shape index (κ2) is 8.83. The van der Waals surface area contributed by atoms with Crippen molar-refractivity contribution in [1.29, 1.82) is 0 Å². The molecule has 0 bridgehead atoms. The number of nitrogens with one attached hydrogen (secondary N) is 2. The first-order chi connectivity index (χ1) is 15.3. The number of anilines is 1. The molecule has 0 aliphatic heterocycles. The van der Waals surface area contributed by atoms with Gasteiger partial charge in [-0.25, -0.2) is 5.43 Å². The van der Waals surface area contributed by atoms with Crippen molar-refractivity contribution in [3.8, 4) is 0 Å². The molecule has 1 aliphatic rings. The van der Waals surface area contributed by atoms with Gasteiger partial charge in [-0.1, -0.05) is 35.9 Å². The molecule has 1 aromatic heterocycles. The highest BCUT2D eigenvalue weighted by molar-refractivity contribution is 6.09. The van der Waals surface area contributed by atoms with Crippen LogP contribution in [0, 0.1) is 27.7 Å². The molecule has 1 heterocycles. The van der Waals surface area contributed by atoms with Gasteiger partial charge in [0.1, 0.15) is 5.76 Å². The summed E-state index contributed by atoms with van der Waals surface area (Å²) >= 11 is 0. The number of fused-ring (bicyclic) bond motifs is 1. The Morgan fingerprint density at radius 1 is 0.938 bits per heavy atom. The van der Waals surface area contributed by atoms with Gasteiger partial charge >= 0.3 is 0 Å². The minimum Gasteiger partial charge on any atom is -0.455 e. The lowest BCUT2D eigenvalue weighted by atomic mass is 9.93. The van der Waals surface area contributed by atoms with Crippen LogP contribution in [0.3, 0.4) is 0 Å². The molecule has 2 aromatic carbocycles. The summed E-state index contributed by atoms with van der Waals surface area (Å²) in [6.07, 6.45) is 2.29. The zero-order valence-electron chi connectivity index (χ0n) is 18.8. The number of aryl methyl sites for hydroxylation is 4. The molecule has 3 aromatic rings. The summed E-state index contributed by atoms with van der Waals surface area (Å²) < 4.78 is 5.97. The highest BCUT2D eigenvalue weighted by atomic mass is 16.4. The molecule has 164 valence electrons. The van der Waals surface area contributed by atoms with Crippen LogP contribution in [0.25, 0.3) is 0 Å². The fourth-order valence-electron chi connectivity index (χ4n) is 4.14. The van der Waals surface area contributed by atoms with Crippen molar-refractivity contribution in [2.75, 3.05) is 5.32 Å². The smallest absolute Gasteiger partial charge is 0.291 e. The first-order valence-corrected chi connectivity index (χ1v) is 10.8. The summed E-state index contributed by atoms with van der Waals surface area (Å²) in [6.45, 7) is 7.73. The summed E-state index contributed by atoms with van der Waals surface area (Å²) in [5.74, 6) is 0.488. The average molecular weight is 430 g/mol. The van der Waals surface area contributed by atoms with Crippen LogP contribution < -0.4 is 10.7 Å². The van der Waals surface area contributed by atoms with E-state index in [0.29, 0.717) is 12.0 Å². The summed E-state index contributed by atoms with van der Waals surface area (Å²) in [6, 6.07) is 13.3. The van der Waals surface area contributed by atoms with Gasteiger partial charge in [-0.3, -0.25) is 9.59 Å². The number of benzene rings is 2. The van der Waals surface area contributed by atoms with Gasteiger partial charge in [0.15, 0.2) is 5.76 Å². The van der Waals surface area contributed by atoms with Gasteiger partial charge in [0.05, 0.1) is 5.71 Å². The molecule has 0 atom stereocenters. The van der Waals surface area contributed by atoms with Gasteiger partial charge in [0.25, 0.3) is 11.8 Å². The molecule has 0 saturated carbocycles. The molecule has 0 unspecified atom stereocenters. The average Bonchev–Trinajstić information content (AvgIpc) is 3.11. The van der Waals surface area contributed by atoms with E-state index in [4.69, 9.17) is 4.42 Å². The number of hydrogen-bond donors (Lipinski definition) is 2. The van der Waals surface area contributed by atoms with Crippen LogP contribution >= 0.6 is 0 Å². The number of hydrogen-bond acceptors (Lipinski definition) is 4. The second-order valence-corrected chi connectivity index (χ2v) is 8.29. The van der Waals surface area contributed by atoms with Crippen molar-refractivity contribution < 1.29 is 14.0 Å². The monoisotopic (exact) mass is 429 g/mol. The third-order valence-corrected chi connectivity index (χ3v) is 5.84. The van der Waals surface area contributed by atoms with Gasteiger partial charge in [-0.15, -0.1) is 0 Å². The molecule has 6 heteroatoms. The molecule has 6 nitrogen and oxygen atoms in total. The molecule has 4 rings (SSSR count). The predicted molar refractivity (Wildman–Crippen MR) is 125 cm³/mol. The lowest BCUT2D eigenvalue weighted by Gasteiger charge is -2.13. The van der Waals surface area contributed by atoms with E-state index in [2.05, 4.69) is 15.8 Å². The van der Waals surface area contributed by atoms with E-state index >= 15 is 0 Å². The molecular formula is C26H27N3O3. The van der Waals surface area contributed by atoms with Gasteiger partial charge in [0.2, 0.25) is 0 Å². The third-order valence-electron chi connectivity index (χ3n) is 5.84. The number of amides is 2. The predicted octanol–water partition coefficient (Wildman–Crippen LogP) is 5.24. The van der Waals surface area contributed by atoms with Crippen LogP contribution in [0.1, 0.15) is 67.3 Å². The summed E-state index contributed by atoms with van der Waals surface area (Å²) in [5.41, 5.74) is 9.35. The Labute approximate surface area is 187 Å². The minimum atomic E-state index is -0.285. The van der Waals surface area contributed by atoms with Crippen molar-refractivity contribution in [1.82, 2.24) is 5.43 Å². The van der Waals surface area contributed by atoms with Crippen LogP contribution in [0.2, 0.25) is 0 Å². The highest BCUT2D eigenvalue weighted by Gasteiger charge is 2.28. The molecular weight excluding hydrogens is 402 g/mol. The third kappa shape index (κ3) is 4.21. The highest BCUT2D eigenvalue weighted by Crippen LogP contribution is 2.30. The van der Waals surface area contributed by atoms with Crippen molar-refractivity contribution in [3.63, 3.8) is 0 Å². The first-order valence-electron chi connectivity index (χ1n) is 10.8. The molecule has 0 spiro atoms. The Morgan fingerprint density at radius 3 is 2.47 bits per heavy atom. The molecule has 2 amide bonds. The van der Waals surface area contributed by atoms with E-state index in [1.807, 2.05) is 64.1 Å². The van der Waals surface area contributed by atoms with Gasteiger partial charge in [-0.2, -0.15) is 5.10 Å². The Balaban J connectivity index is 1.58. The van der Waals surface area contributed by atoms with E-state index in [1.165, 1.54) is 0 Å². The van der Waals surface area contributed by atoms with Crippen molar-refractivity contribution >= 4 is 23.2 Å². The van der Waals surface area contributed by atoms with E-state index in [1.54, 1.807) is 6.07 Å². The van der Waals surface area contributed by atoms with E-state index in [-0.39, 0.29) is 17.6 Å². The second-order valence-electron chi connectivity index (χ2n) is 8.29. The maximum Gasteiger partial charge on any atom is 0.291 e. The van der Waals surface area contributed by atoms with E-state index < -0.39 is 0 Å². The van der Waals surface area contributed by atoms with E-state index in [0.717, 1.165) is 57.8 Å². The van der Waals surface area contributed by atoms with Crippen LogP contribution in [-0.4, -0.2) is 17.5 Å². The van der Waals surface area contributed by atoms with E-state index in [9.17, 15) is 9.59 Å². The maximum atomic E-state index is 13.0. The number of furan rings is 1. The van der Waals surface area contributed by atoms with Crippen molar-refractivity contribution in [2.24, 2.45) is 5.10 Å². The molecule has 2 N–H and O–H groups in total. The minimum absolute atomic E-state index is 0.253. The number of hydrazone groups is 1. The van der Waals surface area contributed by atoms with Crippen LogP contribution in [0.4, 0.5) is 5.69 Å². The largest absolute Gasteiger partial charge is 0.455 e. The zero-order valence-corrected chi connectivity index (χ0v) is 18.8. The standard InChI is InChI=1S/C26H27N3O3/c1-15-12-13-20(17(3)14-15)27-26(31)24-18(4)23-21(10-7-11-22(23)32-24)28-29-25(30)19-9-6-5-8-16(19)2/h5-6,8-9,12-14H,7,10-11H2,1-4H3,(H,27,31)(H,29,30)/b28-21+. The molecule has 0 radical (unpaired) electrons. The molecule has 0 fully saturated rings. The quantitative estimate of drug-likeness (QED) is 0.557. The maximum absolute atomic E-state index is 13.0. The lowest BCUT2D eigenvalue weighted by Crippen LogP contribution is -2.22. The number of carbonyl (C=O) groups excluding carboxylic acids is 2. The van der Waals surface area contributed by atoms with Gasteiger partial charge in [0, 0.05) is 28.8 Å². The SMILES string of the molecule is Cc1ccc(NC(=O)c2oc3c(c2C)/C(=N/NC(=O)c2ccccc2C)CCC3)c(C)c1. The Bertz CT molecular complexity index is 1240. The Hall–Kier alpha value is -3.67. The van der Waals surface area contributed by atoms with Crippen LogP contribution in [-0.2, 0) is 6.42 Å². The van der Waals surface area contributed by atoms with Crippen LogP contribution in [0.5, 0.6) is 0 Å². The summed E-state index contributed by atoms with van der Waals surface area (Å²) in [7, 11) is 0. The number of nitrogens with zero attached hydrogens (tertiary/aromatic N) is 1. The Morgan fingerprint density at radius 2 is 1.72 bits per heavy atom. The summed E-state index contributed by atoms with van der Waals surface area (Å²) in [4.78, 5) is 25.5. The van der Waals surface area contributed by atoms with Crippen LogP contribution in [0.15, 0.2) is 52.0 Å². The van der Waals surface area contributed by atoms with Gasteiger partial charge in [-0.05, 0) is 63.8 Å². The molecule has 32 heavy (non-hydrogen) atoms. The fraction of sp³-hybridized carbons (Fsp3) is 0.269. The first kappa shape index (κ1) is 21.6. The van der Waals surface area contributed by atoms with Crippen molar-refractivity contribution in [3.05, 3.63) is 87.4 Å². The molecule has 0 saturated heterocycles. The zero-order chi connectivity index (χ0) is 22.8. The molecule has 1 aliphatic carbocycles. The summed E-state index contributed by atoms with van der Waals surface area (Å²) in [5, 5.41) is 7.36. The fourth-order valence-corrected chi connectivity index (χ4v) is 4.14. The Kier molecular flexibility index (Phi) is 5.95. The topological polar surface area (TPSA) is 83.7 Å². The van der Waals surface area contributed by atoms with Gasteiger partial charge < -0.3 is 9.73 Å². The number of rotatable bonds is 4. The number of carbonyl (C=O) groups is 2. The lowest BCUT2D eigenvalue weighted by molar-refractivity contribution is 0.0953. The van der Waals surface area contributed by atoms with Crippen molar-refractivity contribution in [2.45, 2.75) is 47.0 Å².